The van der Waals surface area contributed by atoms with Crippen molar-refractivity contribution in [2.24, 2.45) is 0 Å². The fraction of sp³-hybridized carbons (Fsp3) is 0.538. The molecule has 0 aliphatic rings. The van der Waals surface area contributed by atoms with E-state index in [1.807, 2.05) is 20.8 Å². The Hall–Kier alpha value is -0.960. The van der Waals surface area contributed by atoms with Gasteiger partial charge < -0.3 is 5.32 Å². The Labute approximate surface area is 95.9 Å². The van der Waals surface area contributed by atoms with Crippen LogP contribution in [-0.2, 0) is 0 Å². The van der Waals surface area contributed by atoms with Crippen LogP contribution >= 0.6 is 0 Å². The molecule has 2 atom stereocenters. The third-order valence-electron chi connectivity index (χ3n) is 3.04. The van der Waals surface area contributed by atoms with Crippen molar-refractivity contribution >= 4 is 0 Å². The van der Waals surface area contributed by atoms with Gasteiger partial charge in [0.1, 0.15) is 11.6 Å². The number of aryl methyl sites for hydroxylation is 1. The molecule has 3 heteroatoms. The lowest BCUT2D eigenvalue weighted by molar-refractivity contribution is 0.471. The van der Waals surface area contributed by atoms with E-state index in [1.165, 1.54) is 12.1 Å². The Morgan fingerprint density at radius 2 is 1.81 bits per heavy atom. The summed E-state index contributed by atoms with van der Waals surface area (Å²) in [5.74, 6) is -0.710. The Bertz CT molecular complexity index is 363. The molecule has 0 aliphatic carbocycles. The lowest BCUT2D eigenvalue weighted by Crippen LogP contribution is -2.31. The van der Waals surface area contributed by atoms with Gasteiger partial charge in [-0.15, -0.1) is 0 Å². The van der Waals surface area contributed by atoms with Crippen LogP contribution in [0.3, 0.4) is 0 Å². The van der Waals surface area contributed by atoms with Crippen molar-refractivity contribution < 1.29 is 8.78 Å². The summed E-state index contributed by atoms with van der Waals surface area (Å²) < 4.78 is 27.1. The first-order valence-corrected chi connectivity index (χ1v) is 5.66. The highest BCUT2D eigenvalue weighted by atomic mass is 19.1. The monoisotopic (exact) mass is 227 g/mol. The Kier molecular flexibility index (Phi) is 4.42. The maximum Gasteiger partial charge on any atom is 0.127 e. The number of hydrogen-bond donors (Lipinski definition) is 1. The second kappa shape index (κ2) is 5.39. The molecule has 0 saturated heterocycles. The highest BCUT2D eigenvalue weighted by Crippen LogP contribution is 2.24. The van der Waals surface area contributed by atoms with Crippen LogP contribution in [0.4, 0.5) is 8.78 Å². The van der Waals surface area contributed by atoms with Crippen molar-refractivity contribution in [1.29, 1.82) is 0 Å². The molecule has 16 heavy (non-hydrogen) atoms. The zero-order valence-electron chi connectivity index (χ0n) is 10.3. The Morgan fingerprint density at radius 1 is 1.19 bits per heavy atom. The van der Waals surface area contributed by atoms with Crippen molar-refractivity contribution in [2.75, 3.05) is 6.54 Å². The van der Waals surface area contributed by atoms with Crippen LogP contribution in [0, 0.1) is 18.6 Å². The van der Waals surface area contributed by atoms with Gasteiger partial charge in [0, 0.05) is 6.04 Å². The predicted molar refractivity (Wildman–Crippen MR) is 62.6 cm³/mol. The zero-order chi connectivity index (χ0) is 12.3. The van der Waals surface area contributed by atoms with Crippen molar-refractivity contribution in [3.05, 3.63) is 34.9 Å². The molecule has 0 fully saturated rings. The van der Waals surface area contributed by atoms with E-state index in [4.69, 9.17) is 0 Å². The number of halogens is 2. The number of nitrogens with one attached hydrogen (secondary N) is 1. The molecule has 0 saturated carbocycles. The first kappa shape index (κ1) is 13.1. The summed E-state index contributed by atoms with van der Waals surface area (Å²) in [6.07, 6.45) is 0. The molecule has 90 valence electrons. The van der Waals surface area contributed by atoms with Gasteiger partial charge in [0.2, 0.25) is 0 Å². The van der Waals surface area contributed by atoms with Gasteiger partial charge in [0.05, 0.1) is 0 Å². The highest BCUT2D eigenvalue weighted by Gasteiger charge is 2.18. The summed E-state index contributed by atoms with van der Waals surface area (Å²) in [5.41, 5.74) is 0.793. The quantitative estimate of drug-likeness (QED) is 0.831. The van der Waals surface area contributed by atoms with Gasteiger partial charge in [0.15, 0.2) is 0 Å². The van der Waals surface area contributed by atoms with E-state index in [2.05, 4.69) is 5.32 Å². The molecule has 1 nitrogen and oxygen atoms in total. The van der Waals surface area contributed by atoms with Gasteiger partial charge >= 0.3 is 0 Å². The van der Waals surface area contributed by atoms with Crippen LogP contribution < -0.4 is 5.32 Å². The van der Waals surface area contributed by atoms with E-state index in [0.29, 0.717) is 11.1 Å². The van der Waals surface area contributed by atoms with E-state index < -0.39 is 0 Å². The first-order chi connectivity index (χ1) is 7.47. The second-order valence-corrected chi connectivity index (χ2v) is 4.26. The molecule has 1 aromatic rings. The molecule has 0 aromatic heterocycles. The highest BCUT2D eigenvalue weighted by molar-refractivity contribution is 5.28. The van der Waals surface area contributed by atoms with Gasteiger partial charge in [-0.25, -0.2) is 8.78 Å². The Morgan fingerprint density at radius 3 is 2.38 bits per heavy atom. The maximum absolute atomic E-state index is 13.7. The lowest BCUT2D eigenvalue weighted by Gasteiger charge is -2.21. The molecule has 0 bridgehead atoms. The van der Waals surface area contributed by atoms with E-state index in [0.717, 1.165) is 6.54 Å². The topological polar surface area (TPSA) is 12.0 Å². The second-order valence-electron chi connectivity index (χ2n) is 4.26. The average Bonchev–Trinajstić information content (AvgIpc) is 2.23. The van der Waals surface area contributed by atoms with Crippen LogP contribution in [0.25, 0.3) is 0 Å². The molecule has 0 spiro atoms. The van der Waals surface area contributed by atoms with Gasteiger partial charge in [0.25, 0.3) is 0 Å². The molecule has 1 aromatic carbocycles. The van der Waals surface area contributed by atoms with Crippen LogP contribution in [0.2, 0.25) is 0 Å². The van der Waals surface area contributed by atoms with Crippen LogP contribution in [-0.4, -0.2) is 12.6 Å². The number of hydrogen-bond acceptors (Lipinski definition) is 1. The van der Waals surface area contributed by atoms with Crippen molar-refractivity contribution in [2.45, 2.75) is 39.7 Å². The standard InChI is InChI=1S/C13H19F2N/c1-5-16-10(4)9(3)11-7-12(14)8(2)6-13(11)15/h6-7,9-10,16H,5H2,1-4H3. The van der Waals surface area contributed by atoms with Gasteiger partial charge in [-0.3, -0.25) is 0 Å². The van der Waals surface area contributed by atoms with Crippen LogP contribution in [0.1, 0.15) is 37.8 Å². The minimum atomic E-state index is -0.341. The largest absolute Gasteiger partial charge is 0.314 e. The molecule has 0 aliphatic heterocycles. The first-order valence-electron chi connectivity index (χ1n) is 5.66. The average molecular weight is 227 g/mol. The van der Waals surface area contributed by atoms with Crippen molar-refractivity contribution in [3.8, 4) is 0 Å². The van der Waals surface area contributed by atoms with E-state index in [-0.39, 0.29) is 23.6 Å². The summed E-state index contributed by atoms with van der Waals surface area (Å²) in [4.78, 5) is 0. The molecule has 1 N–H and O–H groups in total. The molecular weight excluding hydrogens is 208 g/mol. The van der Waals surface area contributed by atoms with E-state index >= 15 is 0 Å². The summed E-state index contributed by atoms with van der Waals surface area (Å²) in [6, 6.07) is 2.70. The maximum atomic E-state index is 13.7. The third kappa shape index (κ3) is 2.79. The fourth-order valence-electron chi connectivity index (χ4n) is 1.78. The van der Waals surface area contributed by atoms with Crippen molar-refractivity contribution in [3.63, 3.8) is 0 Å². The van der Waals surface area contributed by atoms with Crippen LogP contribution in [0.15, 0.2) is 12.1 Å². The molecule has 0 radical (unpaired) electrons. The molecule has 1 rings (SSSR count). The summed E-state index contributed by atoms with van der Waals surface area (Å²) in [7, 11) is 0. The minimum absolute atomic E-state index is 0.0463. The smallest absolute Gasteiger partial charge is 0.127 e. The van der Waals surface area contributed by atoms with E-state index in [9.17, 15) is 8.78 Å². The summed E-state index contributed by atoms with van der Waals surface area (Å²) >= 11 is 0. The summed E-state index contributed by atoms with van der Waals surface area (Å²) in [6.45, 7) is 8.27. The number of benzene rings is 1. The predicted octanol–water partition coefficient (Wildman–Crippen LogP) is 3.37. The fourth-order valence-corrected chi connectivity index (χ4v) is 1.78. The van der Waals surface area contributed by atoms with Gasteiger partial charge in [-0.1, -0.05) is 13.8 Å². The molecular formula is C13H19F2N. The third-order valence-corrected chi connectivity index (χ3v) is 3.04. The van der Waals surface area contributed by atoms with Gasteiger partial charge in [-0.05, 0) is 49.6 Å². The van der Waals surface area contributed by atoms with Gasteiger partial charge in [-0.2, -0.15) is 0 Å². The zero-order valence-corrected chi connectivity index (χ0v) is 10.3. The van der Waals surface area contributed by atoms with E-state index in [1.54, 1.807) is 6.92 Å². The number of likely N-dealkylation sites (N-methyl/N-ethyl adjacent to an activating group) is 1. The number of rotatable bonds is 4. The SMILES string of the molecule is CCNC(C)C(C)c1cc(F)c(C)cc1F. The summed E-state index contributed by atoms with van der Waals surface area (Å²) in [5, 5.41) is 3.22. The van der Waals surface area contributed by atoms with Crippen molar-refractivity contribution in [1.82, 2.24) is 5.32 Å². The molecule has 0 heterocycles. The lowest BCUT2D eigenvalue weighted by atomic mass is 9.93. The molecule has 0 amide bonds. The Balaban J connectivity index is 2.99. The van der Waals surface area contributed by atoms with Crippen LogP contribution in [0.5, 0.6) is 0 Å². The normalized spacial score (nSPS) is 14.9. The minimum Gasteiger partial charge on any atom is -0.314 e. The molecule has 2 unspecified atom stereocenters.